The van der Waals surface area contributed by atoms with Gasteiger partial charge in [-0.25, -0.2) is 4.79 Å². The van der Waals surface area contributed by atoms with Gasteiger partial charge in [0.15, 0.2) is 6.10 Å². The van der Waals surface area contributed by atoms with E-state index in [0.717, 1.165) is 11.1 Å². The second-order valence-electron chi connectivity index (χ2n) is 14.9. The van der Waals surface area contributed by atoms with Crippen LogP contribution in [0.3, 0.4) is 0 Å². The average molecular weight is 730 g/mol. The number of ether oxygens (including phenoxy) is 1. The third-order valence-corrected chi connectivity index (χ3v) is 11.3. The van der Waals surface area contributed by atoms with Gasteiger partial charge in [0, 0.05) is 38.9 Å². The second kappa shape index (κ2) is 17.9. The summed E-state index contributed by atoms with van der Waals surface area (Å²) in [6.07, 6.45) is 2.08. The third-order valence-electron chi connectivity index (χ3n) is 11.3. The van der Waals surface area contributed by atoms with E-state index in [0.29, 0.717) is 45.1 Å². The van der Waals surface area contributed by atoms with Crippen molar-refractivity contribution in [3.8, 4) is 0 Å². The molecular weight excluding hydrogens is 674 g/mol. The van der Waals surface area contributed by atoms with Crippen molar-refractivity contribution < 1.29 is 33.5 Å². The summed E-state index contributed by atoms with van der Waals surface area (Å²) in [5.74, 6) is -3.66. The van der Waals surface area contributed by atoms with Gasteiger partial charge in [0.1, 0.15) is 30.2 Å². The van der Waals surface area contributed by atoms with E-state index < -0.39 is 65.9 Å². The molecule has 53 heavy (non-hydrogen) atoms. The van der Waals surface area contributed by atoms with Crippen molar-refractivity contribution in [2.75, 3.05) is 20.1 Å². The van der Waals surface area contributed by atoms with Crippen LogP contribution in [0.4, 0.5) is 0 Å². The molecule has 3 saturated heterocycles. The molecule has 3 aliphatic rings. The molecule has 5 rings (SSSR count). The van der Waals surface area contributed by atoms with Crippen molar-refractivity contribution in [1.82, 2.24) is 25.3 Å². The van der Waals surface area contributed by atoms with Crippen molar-refractivity contribution >= 4 is 35.5 Å². The first-order valence-corrected chi connectivity index (χ1v) is 19.2. The Morgan fingerprint density at radius 2 is 1.17 bits per heavy atom. The largest absolute Gasteiger partial charge is 0.450 e. The lowest BCUT2D eigenvalue weighted by Gasteiger charge is -2.37. The molecule has 8 unspecified atom stereocenters. The van der Waals surface area contributed by atoms with Gasteiger partial charge in [0.05, 0.1) is 0 Å². The Kier molecular flexibility index (Phi) is 13.3. The van der Waals surface area contributed by atoms with E-state index in [1.54, 1.807) is 7.05 Å². The second-order valence-corrected chi connectivity index (χ2v) is 14.9. The summed E-state index contributed by atoms with van der Waals surface area (Å²) in [6.45, 7) is 8.13. The van der Waals surface area contributed by atoms with Gasteiger partial charge >= 0.3 is 5.97 Å². The van der Waals surface area contributed by atoms with E-state index in [9.17, 15) is 28.8 Å². The molecule has 2 aromatic rings. The molecule has 12 heteroatoms. The Balaban J connectivity index is 1.59. The first-order valence-electron chi connectivity index (χ1n) is 19.2. The Morgan fingerprint density at radius 3 is 1.74 bits per heavy atom. The van der Waals surface area contributed by atoms with E-state index in [-0.39, 0.29) is 37.1 Å². The normalized spacial score (nSPS) is 27.6. The summed E-state index contributed by atoms with van der Waals surface area (Å²) in [7, 11) is 1.57. The van der Waals surface area contributed by atoms with E-state index in [4.69, 9.17) is 4.74 Å². The molecule has 0 radical (unpaired) electrons. The molecule has 2 N–H and O–H groups in total. The number of esters is 1. The van der Waals surface area contributed by atoms with E-state index in [1.807, 2.05) is 88.4 Å². The monoisotopic (exact) mass is 729 g/mol. The number of fused-ring (bicyclic) bond motifs is 2. The fourth-order valence-corrected chi connectivity index (χ4v) is 7.80. The van der Waals surface area contributed by atoms with Gasteiger partial charge in [0.25, 0.3) is 5.91 Å². The SMILES string of the molecule is CCC(C)C1OC(=O)C2CCCN2C(=O)C(Cc2ccccc2)NC(=O)C(Cc2ccccc2)NC(=O)C(C(C)CC)N(C)C(=O)C2CCCN2C1=O. The van der Waals surface area contributed by atoms with E-state index in [2.05, 4.69) is 10.6 Å². The lowest BCUT2D eigenvalue weighted by molar-refractivity contribution is -0.170. The number of hydrogen-bond donors (Lipinski definition) is 2. The number of nitrogens with zero attached hydrogens (tertiary/aromatic N) is 3. The molecule has 0 aromatic heterocycles. The van der Waals surface area contributed by atoms with Crippen molar-refractivity contribution in [1.29, 1.82) is 0 Å². The van der Waals surface area contributed by atoms with Gasteiger partial charge in [0.2, 0.25) is 23.6 Å². The molecule has 5 amide bonds. The molecule has 0 aliphatic carbocycles. The van der Waals surface area contributed by atoms with E-state index in [1.165, 1.54) is 14.7 Å². The van der Waals surface area contributed by atoms with Crippen LogP contribution < -0.4 is 10.6 Å². The van der Waals surface area contributed by atoms with Crippen LogP contribution in [0.2, 0.25) is 0 Å². The van der Waals surface area contributed by atoms with Crippen molar-refractivity contribution in [3.05, 3.63) is 71.8 Å². The summed E-state index contributed by atoms with van der Waals surface area (Å²) < 4.78 is 6.04. The molecule has 3 heterocycles. The quantitative estimate of drug-likeness (QED) is 0.397. The number of carbonyl (C=O) groups excluding carboxylic acids is 6. The van der Waals surface area contributed by atoms with Gasteiger partial charge in [-0.15, -0.1) is 0 Å². The molecular formula is C41H55N5O7. The molecule has 0 spiro atoms. The van der Waals surface area contributed by atoms with Crippen molar-refractivity contribution in [2.24, 2.45) is 11.8 Å². The lowest BCUT2D eigenvalue weighted by Crippen LogP contribution is -2.61. The first-order chi connectivity index (χ1) is 25.4. The molecule has 0 bridgehead atoms. The average Bonchev–Trinajstić information content (AvgIpc) is 3.87. The number of cyclic esters (lactones) is 1. The summed E-state index contributed by atoms with van der Waals surface area (Å²) in [5.41, 5.74) is 1.60. The highest BCUT2D eigenvalue weighted by Crippen LogP contribution is 2.28. The Labute approximate surface area is 313 Å². The summed E-state index contributed by atoms with van der Waals surface area (Å²) in [4.78, 5) is 90.2. The van der Waals surface area contributed by atoms with Crippen LogP contribution in [0.1, 0.15) is 77.3 Å². The zero-order valence-corrected chi connectivity index (χ0v) is 31.7. The molecule has 12 nitrogen and oxygen atoms in total. The highest BCUT2D eigenvalue weighted by Gasteiger charge is 2.46. The standard InChI is InChI=1S/C41H55N5O7/c1-6-26(3)34-37(48)42-30(24-28-16-10-8-11-17-28)36(47)43-31(25-29-18-12-9-13-19-29)38(49)46-23-15-21-33(46)41(52)53-35(27(4)7-2)40(51)45-22-14-20-32(45)39(50)44(34)5/h8-13,16-19,26-27,30-35H,6-7,14-15,20-25H2,1-5H3,(H,42,48)(H,43,47). The van der Waals surface area contributed by atoms with Crippen LogP contribution >= 0.6 is 0 Å². The fourth-order valence-electron chi connectivity index (χ4n) is 7.80. The van der Waals surface area contributed by atoms with Crippen LogP contribution in [0.5, 0.6) is 0 Å². The Bertz CT molecular complexity index is 1620. The number of hydrogen-bond acceptors (Lipinski definition) is 7. The maximum absolute atomic E-state index is 14.5. The van der Waals surface area contributed by atoms with Crippen molar-refractivity contribution in [2.45, 2.75) is 115 Å². The number of amides is 5. The summed E-state index contributed by atoms with van der Waals surface area (Å²) in [5, 5.41) is 5.91. The first kappa shape index (κ1) is 39.5. The zero-order valence-electron chi connectivity index (χ0n) is 31.7. The van der Waals surface area contributed by atoms with Crippen LogP contribution in [0.25, 0.3) is 0 Å². The van der Waals surface area contributed by atoms with Crippen LogP contribution in [0, 0.1) is 11.8 Å². The van der Waals surface area contributed by atoms with Gasteiger partial charge in [-0.1, -0.05) is 94.8 Å². The number of benzene rings is 2. The van der Waals surface area contributed by atoms with Crippen LogP contribution in [-0.2, 0) is 46.3 Å². The molecule has 2 aromatic carbocycles. The van der Waals surface area contributed by atoms with Crippen LogP contribution in [-0.4, -0.2) is 107 Å². The Morgan fingerprint density at radius 1 is 0.660 bits per heavy atom. The number of carbonyl (C=O) groups is 6. The third kappa shape index (κ3) is 9.08. The maximum Gasteiger partial charge on any atom is 0.329 e. The molecule has 8 atom stereocenters. The molecule has 3 fully saturated rings. The number of likely N-dealkylation sites (N-methyl/N-ethyl adjacent to an activating group) is 1. The lowest BCUT2D eigenvalue weighted by atomic mass is 9.95. The topological polar surface area (TPSA) is 145 Å². The highest BCUT2D eigenvalue weighted by molar-refractivity contribution is 5.97. The number of rotatable bonds is 8. The minimum Gasteiger partial charge on any atom is -0.450 e. The maximum atomic E-state index is 14.5. The van der Waals surface area contributed by atoms with E-state index >= 15 is 0 Å². The molecule has 286 valence electrons. The Hall–Kier alpha value is -4.74. The zero-order chi connectivity index (χ0) is 38.2. The van der Waals surface area contributed by atoms with Gasteiger partial charge < -0.3 is 30.1 Å². The predicted octanol–water partition coefficient (Wildman–Crippen LogP) is 3.27. The molecule has 0 saturated carbocycles. The smallest absolute Gasteiger partial charge is 0.329 e. The van der Waals surface area contributed by atoms with Gasteiger partial charge in [-0.2, -0.15) is 0 Å². The number of nitrogens with one attached hydrogen (secondary N) is 2. The summed E-state index contributed by atoms with van der Waals surface area (Å²) in [6, 6.07) is 13.6. The minimum absolute atomic E-state index is 0.135. The molecule has 3 aliphatic heterocycles. The van der Waals surface area contributed by atoms with Crippen LogP contribution in [0.15, 0.2) is 60.7 Å². The highest BCUT2D eigenvalue weighted by atomic mass is 16.6. The summed E-state index contributed by atoms with van der Waals surface area (Å²) >= 11 is 0. The van der Waals surface area contributed by atoms with Gasteiger partial charge in [-0.05, 0) is 49.1 Å². The van der Waals surface area contributed by atoms with Gasteiger partial charge in [-0.3, -0.25) is 24.0 Å². The fraction of sp³-hybridized carbons (Fsp3) is 0.561. The predicted molar refractivity (Wildman–Crippen MR) is 199 cm³/mol. The van der Waals surface area contributed by atoms with Crippen molar-refractivity contribution in [3.63, 3.8) is 0 Å². The minimum atomic E-state index is -1.16.